The molecule has 0 aliphatic carbocycles. The zero-order valence-electron chi connectivity index (χ0n) is 19.0. The highest BCUT2D eigenvalue weighted by molar-refractivity contribution is 8.03. The van der Waals surface area contributed by atoms with Crippen LogP contribution in [0.5, 0.6) is 11.5 Å². The van der Waals surface area contributed by atoms with Gasteiger partial charge >= 0.3 is 0 Å². The van der Waals surface area contributed by atoms with Gasteiger partial charge in [0, 0.05) is 35.4 Å². The molecule has 0 spiro atoms. The second kappa shape index (κ2) is 10.8. The van der Waals surface area contributed by atoms with Crippen LogP contribution < -0.4 is 20.7 Å². The Kier molecular flexibility index (Phi) is 7.34. The van der Waals surface area contributed by atoms with Crippen molar-refractivity contribution in [2.75, 3.05) is 18.0 Å². The molecule has 4 heterocycles. The molecule has 176 valence electrons. The van der Waals surface area contributed by atoms with Gasteiger partial charge in [-0.3, -0.25) is 9.97 Å². The molecule has 5 rings (SSSR count). The minimum absolute atomic E-state index is 0.194. The molecule has 9 heteroatoms. The highest BCUT2D eigenvalue weighted by Crippen LogP contribution is 2.46. The van der Waals surface area contributed by atoms with Gasteiger partial charge in [0.15, 0.2) is 11.6 Å². The van der Waals surface area contributed by atoms with Gasteiger partial charge in [-0.25, -0.2) is 4.98 Å². The Morgan fingerprint density at radius 1 is 1.15 bits per heavy atom. The van der Waals surface area contributed by atoms with E-state index in [0.29, 0.717) is 11.7 Å². The predicted molar refractivity (Wildman–Crippen MR) is 139 cm³/mol. The van der Waals surface area contributed by atoms with E-state index in [1.54, 1.807) is 35.9 Å². The summed E-state index contributed by atoms with van der Waals surface area (Å²) < 4.78 is 6.34. The van der Waals surface area contributed by atoms with Gasteiger partial charge in [-0.2, -0.15) is 0 Å². The topological polar surface area (TPSA) is 89.2 Å². The quantitative estimate of drug-likeness (QED) is 0.434. The first-order valence-electron chi connectivity index (χ1n) is 11.4. The number of benzene rings is 1. The van der Waals surface area contributed by atoms with E-state index in [1.165, 1.54) is 0 Å². The third kappa shape index (κ3) is 5.22. The monoisotopic (exact) mass is 492 g/mol. The molecule has 0 saturated carbocycles. The number of allylic oxidation sites excluding steroid dienone is 1. The Labute approximate surface area is 208 Å². The number of nitrogens with two attached hydrogens (primary N) is 1. The van der Waals surface area contributed by atoms with E-state index in [1.807, 2.05) is 54.5 Å². The van der Waals surface area contributed by atoms with Crippen LogP contribution in [0.25, 0.3) is 0 Å². The van der Waals surface area contributed by atoms with E-state index >= 15 is 0 Å². The lowest BCUT2D eigenvalue weighted by molar-refractivity contribution is 0.364. The maximum Gasteiger partial charge on any atom is 0.178 e. The number of nitrogens with one attached hydrogen (secondary N) is 1. The van der Waals surface area contributed by atoms with Gasteiger partial charge in [0.1, 0.15) is 11.2 Å². The van der Waals surface area contributed by atoms with Gasteiger partial charge in [-0.1, -0.05) is 30.0 Å². The Bertz CT molecular complexity index is 1120. The Morgan fingerprint density at radius 3 is 2.68 bits per heavy atom. The van der Waals surface area contributed by atoms with E-state index in [0.717, 1.165) is 53.8 Å². The number of piperidine rings is 1. The molecular weight excluding hydrogens is 464 g/mol. The minimum atomic E-state index is -0.230. The third-order valence-corrected chi connectivity index (χ3v) is 8.31. The summed E-state index contributed by atoms with van der Waals surface area (Å²) in [7, 11) is 0. The number of anilines is 1. The van der Waals surface area contributed by atoms with Gasteiger partial charge in [-0.15, -0.1) is 11.8 Å². The number of para-hydroxylation sites is 1. The summed E-state index contributed by atoms with van der Waals surface area (Å²) in [6, 6.07) is 11.9. The van der Waals surface area contributed by atoms with Crippen LogP contribution >= 0.6 is 23.5 Å². The zero-order chi connectivity index (χ0) is 23.3. The summed E-state index contributed by atoms with van der Waals surface area (Å²) >= 11 is 3.36. The van der Waals surface area contributed by atoms with Gasteiger partial charge in [-0.05, 0) is 62.4 Å². The molecular formula is C25H28N6OS2. The van der Waals surface area contributed by atoms with Gasteiger partial charge < -0.3 is 20.7 Å². The predicted octanol–water partition coefficient (Wildman–Crippen LogP) is 5.15. The Balaban J connectivity index is 1.49. The van der Waals surface area contributed by atoms with Crippen LogP contribution in [0.15, 0.2) is 77.2 Å². The van der Waals surface area contributed by atoms with Crippen molar-refractivity contribution >= 4 is 29.3 Å². The lowest BCUT2D eigenvalue weighted by atomic mass is 9.93. The molecule has 1 saturated heterocycles. The number of hydrogen-bond acceptors (Lipinski definition) is 9. The molecule has 0 radical (unpaired) electrons. The summed E-state index contributed by atoms with van der Waals surface area (Å²) in [6.07, 6.45) is 9.52. The lowest BCUT2D eigenvalue weighted by Gasteiger charge is -2.30. The largest absolute Gasteiger partial charge is 0.453 e. The van der Waals surface area contributed by atoms with Crippen molar-refractivity contribution in [2.24, 2.45) is 11.7 Å². The molecule has 1 aromatic carbocycles. The Hall–Kier alpha value is -2.59. The van der Waals surface area contributed by atoms with Crippen molar-refractivity contribution in [1.29, 1.82) is 0 Å². The second-order valence-corrected chi connectivity index (χ2v) is 10.5. The number of nitrogens with zero attached hydrogens (tertiary/aromatic N) is 4. The molecule has 34 heavy (non-hydrogen) atoms. The van der Waals surface area contributed by atoms with Crippen molar-refractivity contribution in [3.8, 4) is 11.5 Å². The fourth-order valence-corrected chi connectivity index (χ4v) is 6.41. The summed E-state index contributed by atoms with van der Waals surface area (Å²) in [6.45, 7) is 4.09. The molecule has 3 aromatic rings. The Morgan fingerprint density at radius 2 is 1.97 bits per heavy atom. The van der Waals surface area contributed by atoms with Crippen LogP contribution in [0.2, 0.25) is 0 Å². The van der Waals surface area contributed by atoms with Crippen LogP contribution in [0.4, 0.5) is 5.82 Å². The SMILES string of the molecule is CC1=CSC(N)N1c1ncc(SC(c2cnccn2)C2CCNCC2)cc1Oc1ccccc1. The van der Waals surface area contributed by atoms with Gasteiger partial charge in [0.05, 0.1) is 10.9 Å². The maximum atomic E-state index is 6.37. The molecule has 2 unspecified atom stereocenters. The summed E-state index contributed by atoms with van der Waals surface area (Å²) in [5.74, 6) is 2.68. The number of thioether (sulfide) groups is 2. The van der Waals surface area contributed by atoms with E-state index in [2.05, 4.69) is 26.8 Å². The van der Waals surface area contributed by atoms with Crippen molar-refractivity contribution in [1.82, 2.24) is 20.3 Å². The summed E-state index contributed by atoms with van der Waals surface area (Å²) in [5.41, 5.74) is 8.20. The highest BCUT2D eigenvalue weighted by atomic mass is 32.2. The van der Waals surface area contributed by atoms with Gasteiger partial charge in [0.25, 0.3) is 0 Å². The van der Waals surface area contributed by atoms with Crippen LogP contribution in [0, 0.1) is 5.92 Å². The molecule has 2 atom stereocenters. The first-order chi connectivity index (χ1) is 16.7. The first kappa shape index (κ1) is 23.2. The fraction of sp³-hybridized carbons (Fsp3) is 0.320. The molecule has 1 fully saturated rings. The maximum absolute atomic E-state index is 6.37. The molecule has 2 aliphatic rings. The standard InChI is InChI=1S/C25H28N6OS2/c1-17-16-33-25(26)31(17)24-22(32-19-5-3-2-4-6-19)13-20(14-30-24)34-23(18-7-9-27-10-8-18)21-15-28-11-12-29-21/h2-6,11-16,18,23,25,27H,7-10,26H2,1H3. The van der Waals surface area contributed by atoms with E-state index in [-0.39, 0.29) is 10.7 Å². The number of rotatable bonds is 7. The molecule has 0 bridgehead atoms. The average molecular weight is 493 g/mol. The molecule has 3 N–H and O–H groups in total. The number of hydrogen-bond donors (Lipinski definition) is 2. The highest BCUT2D eigenvalue weighted by Gasteiger charge is 2.30. The number of aromatic nitrogens is 3. The van der Waals surface area contributed by atoms with Crippen LogP contribution in [-0.2, 0) is 0 Å². The first-order valence-corrected chi connectivity index (χ1v) is 13.2. The van der Waals surface area contributed by atoms with Crippen molar-refractivity contribution in [3.63, 3.8) is 0 Å². The number of ether oxygens (including phenoxy) is 1. The zero-order valence-corrected chi connectivity index (χ0v) is 20.6. The van der Waals surface area contributed by atoms with E-state index in [4.69, 9.17) is 15.5 Å². The van der Waals surface area contributed by atoms with Crippen LogP contribution in [0.1, 0.15) is 30.7 Å². The van der Waals surface area contributed by atoms with Crippen molar-refractivity contribution < 1.29 is 4.74 Å². The molecule has 2 aromatic heterocycles. The second-order valence-electron chi connectivity index (χ2n) is 8.32. The van der Waals surface area contributed by atoms with Crippen LogP contribution in [-0.4, -0.2) is 33.5 Å². The number of pyridine rings is 1. The fourth-order valence-electron chi connectivity index (χ4n) is 4.28. The van der Waals surface area contributed by atoms with Crippen LogP contribution in [0.3, 0.4) is 0 Å². The van der Waals surface area contributed by atoms with E-state index < -0.39 is 0 Å². The summed E-state index contributed by atoms with van der Waals surface area (Å²) in [4.78, 5) is 16.9. The smallest absolute Gasteiger partial charge is 0.178 e. The minimum Gasteiger partial charge on any atom is -0.453 e. The van der Waals surface area contributed by atoms with Crippen molar-refractivity contribution in [3.05, 3.63) is 78.0 Å². The lowest BCUT2D eigenvalue weighted by Crippen LogP contribution is -2.35. The molecule has 2 aliphatic heterocycles. The average Bonchev–Trinajstić information content (AvgIpc) is 3.22. The summed E-state index contributed by atoms with van der Waals surface area (Å²) in [5, 5.41) is 5.72. The van der Waals surface area contributed by atoms with Crippen molar-refractivity contribution in [2.45, 2.75) is 35.4 Å². The van der Waals surface area contributed by atoms with Gasteiger partial charge in [0.2, 0.25) is 0 Å². The molecule has 0 amide bonds. The van der Waals surface area contributed by atoms with E-state index in [9.17, 15) is 0 Å². The molecule has 7 nitrogen and oxygen atoms in total. The normalized spacial score (nSPS) is 19.6. The third-order valence-electron chi connectivity index (χ3n) is 5.97.